The second kappa shape index (κ2) is 8.96. The van der Waals surface area contributed by atoms with Gasteiger partial charge >= 0.3 is 0 Å². The lowest BCUT2D eigenvalue weighted by Crippen LogP contribution is -2.22. The molecule has 0 bridgehead atoms. The number of ether oxygens (including phenoxy) is 2. The Morgan fingerprint density at radius 3 is 2.00 bits per heavy atom. The number of nitrogens with two attached hydrogens (primary N) is 1. The molecule has 4 heteroatoms. The molecule has 0 spiro atoms. The number of carbonyl (C=O) groups excluding carboxylic acids is 1. The van der Waals surface area contributed by atoms with Gasteiger partial charge in [-0.1, -0.05) is 39.0 Å². The number of rotatable bonds is 4. The summed E-state index contributed by atoms with van der Waals surface area (Å²) in [5.74, 6) is 1.85. The maximum absolute atomic E-state index is 11.8. The summed E-state index contributed by atoms with van der Waals surface area (Å²) in [5.41, 5.74) is 6.92. The lowest BCUT2D eigenvalue weighted by atomic mass is 9.87. The molecule has 0 aliphatic rings. The molecule has 0 saturated heterocycles. The van der Waals surface area contributed by atoms with Crippen molar-refractivity contribution in [2.24, 2.45) is 5.41 Å². The van der Waals surface area contributed by atoms with E-state index in [1.165, 1.54) is 0 Å². The molecular formula is C20H31NO3. The summed E-state index contributed by atoms with van der Waals surface area (Å²) in [6.45, 7) is 5.82. The highest BCUT2D eigenvalue weighted by Crippen LogP contribution is 2.20. The quantitative estimate of drug-likeness (QED) is 0.829. The summed E-state index contributed by atoms with van der Waals surface area (Å²) in [4.78, 5) is 11.8. The van der Waals surface area contributed by atoms with Crippen molar-refractivity contribution < 1.29 is 17.1 Å². The van der Waals surface area contributed by atoms with Crippen molar-refractivity contribution in [1.82, 2.24) is 0 Å². The number of nitrogen functional groups attached to an aromatic ring is 1. The first-order valence-corrected chi connectivity index (χ1v) is 7.82. The topological polar surface area (TPSA) is 61.5 Å². The zero-order valence-electron chi connectivity index (χ0n) is 15.1. The third kappa shape index (κ3) is 6.73. The van der Waals surface area contributed by atoms with Gasteiger partial charge in [0, 0.05) is 26.4 Å². The van der Waals surface area contributed by atoms with E-state index < -0.39 is 0 Å². The van der Waals surface area contributed by atoms with Gasteiger partial charge in [0.2, 0.25) is 0 Å². The van der Waals surface area contributed by atoms with Crippen molar-refractivity contribution in [3.8, 4) is 11.5 Å². The molecule has 134 valence electrons. The molecule has 0 unspecified atom stereocenters. The minimum absolute atomic E-state index is 0. The normalized spacial score (nSPS) is 10.4. The van der Waals surface area contributed by atoms with Crippen LogP contribution in [0.25, 0.3) is 0 Å². The average Bonchev–Trinajstić information content (AvgIpc) is 2.54. The summed E-state index contributed by atoms with van der Waals surface area (Å²) in [6.07, 6.45) is 0.473. The highest BCUT2D eigenvalue weighted by molar-refractivity contribution is 5.85. The number of hydrogen-bond acceptors (Lipinski definition) is 4. The third-order valence-corrected chi connectivity index (χ3v) is 3.43. The predicted molar refractivity (Wildman–Crippen MR) is 103 cm³/mol. The molecule has 0 aromatic heterocycles. The van der Waals surface area contributed by atoms with Gasteiger partial charge in [0.05, 0.1) is 14.2 Å². The van der Waals surface area contributed by atoms with Crippen LogP contribution in [0.15, 0.2) is 48.5 Å². The van der Waals surface area contributed by atoms with Gasteiger partial charge in [0.1, 0.15) is 17.3 Å². The Balaban J connectivity index is 0. The molecule has 0 fully saturated rings. The van der Waals surface area contributed by atoms with Gasteiger partial charge in [-0.15, -0.1) is 0 Å². The average molecular weight is 333 g/mol. The lowest BCUT2D eigenvalue weighted by molar-refractivity contribution is -0.125. The Hall–Kier alpha value is -2.49. The highest BCUT2D eigenvalue weighted by Gasteiger charge is 2.21. The maximum Gasteiger partial charge on any atom is 0.142 e. The number of carbonyl (C=O) groups is 1. The Morgan fingerprint density at radius 1 is 1.00 bits per heavy atom. The Bertz CT molecular complexity index is 670. The van der Waals surface area contributed by atoms with Crippen LogP contribution >= 0.6 is 0 Å². The van der Waals surface area contributed by atoms with Crippen molar-refractivity contribution in [1.29, 1.82) is 0 Å². The molecular weight excluding hydrogens is 302 g/mol. The lowest BCUT2D eigenvalue weighted by Gasteiger charge is -2.16. The zero-order valence-corrected chi connectivity index (χ0v) is 15.1. The minimum Gasteiger partial charge on any atom is -0.497 e. The summed E-state index contributed by atoms with van der Waals surface area (Å²) in [7, 11) is 3.25. The van der Waals surface area contributed by atoms with Gasteiger partial charge in [0.15, 0.2) is 0 Å². The van der Waals surface area contributed by atoms with E-state index in [0.717, 1.165) is 22.7 Å². The number of Topliss-reactive ketones (excluding diaryl/α,β-unsaturated/α-hetero) is 1. The van der Waals surface area contributed by atoms with E-state index in [0.29, 0.717) is 6.42 Å². The highest BCUT2D eigenvalue weighted by atomic mass is 16.5. The number of benzene rings is 2. The van der Waals surface area contributed by atoms with E-state index in [4.69, 9.17) is 15.2 Å². The largest absolute Gasteiger partial charge is 0.497 e. The third-order valence-electron chi connectivity index (χ3n) is 3.43. The maximum atomic E-state index is 11.8. The summed E-state index contributed by atoms with van der Waals surface area (Å²) >= 11 is 0. The number of anilines is 1. The van der Waals surface area contributed by atoms with Crippen LogP contribution in [0.2, 0.25) is 0 Å². The summed E-state index contributed by atoms with van der Waals surface area (Å²) < 4.78 is 10.0. The van der Waals surface area contributed by atoms with E-state index in [9.17, 15) is 4.79 Å². The van der Waals surface area contributed by atoms with Crippen LogP contribution in [-0.2, 0) is 11.2 Å². The van der Waals surface area contributed by atoms with Gasteiger partial charge in [-0.05, 0) is 29.8 Å². The molecule has 0 radical (unpaired) electrons. The Labute approximate surface area is 147 Å². The number of methoxy groups -OCH3 is 2. The van der Waals surface area contributed by atoms with Crippen LogP contribution in [-0.4, -0.2) is 20.0 Å². The molecule has 0 saturated carbocycles. The van der Waals surface area contributed by atoms with E-state index in [2.05, 4.69) is 0 Å². The second-order valence-corrected chi connectivity index (χ2v) is 6.48. The SMILES string of the molecule is COc1cccc(CC(=O)C(C)(C)C)c1.COc1cccc(N)c1.[HH].[HH]. The fraction of sp³-hybridized carbons (Fsp3) is 0.350. The van der Waals surface area contributed by atoms with Crippen LogP contribution in [0.3, 0.4) is 0 Å². The summed E-state index contributed by atoms with van der Waals surface area (Å²) in [6, 6.07) is 15.0. The minimum atomic E-state index is -0.275. The van der Waals surface area contributed by atoms with Gasteiger partial charge in [-0.25, -0.2) is 0 Å². The molecule has 0 aliphatic carbocycles. The van der Waals surface area contributed by atoms with Crippen LogP contribution in [0.1, 0.15) is 29.2 Å². The number of ketones is 1. The number of hydrogen-bond donors (Lipinski definition) is 1. The predicted octanol–water partition coefficient (Wildman–Crippen LogP) is 4.62. The molecule has 0 aliphatic heterocycles. The van der Waals surface area contributed by atoms with Gasteiger partial charge in [0.25, 0.3) is 0 Å². The van der Waals surface area contributed by atoms with Crippen LogP contribution in [0.5, 0.6) is 11.5 Å². The van der Waals surface area contributed by atoms with Crippen LogP contribution in [0, 0.1) is 5.41 Å². The second-order valence-electron chi connectivity index (χ2n) is 6.48. The van der Waals surface area contributed by atoms with E-state index >= 15 is 0 Å². The van der Waals surface area contributed by atoms with Crippen molar-refractivity contribution >= 4 is 11.5 Å². The summed E-state index contributed by atoms with van der Waals surface area (Å²) in [5, 5.41) is 0. The molecule has 2 aromatic carbocycles. The van der Waals surface area contributed by atoms with Gasteiger partial charge in [-0.2, -0.15) is 0 Å². The molecule has 4 nitrogen and oxygen atoms in total. The van der Waals surface area contributed by atoms with Crippen molar-refractivity contribution in [2.45, 2.75) is 27.2 Å². The van der Waals surface area contributed by atoms with Crippen LogP contribution < -0.4 is 15.2 Å². The first-order chi connectivity index (χ1) is 11.3. The smallest absolute Gasteiger partial charge is 0.142 e. The fourth-order valence-electron chi connectivity index (χ4n) is 1.87. The molecule has 24 heavy (non-hydrogen) atoms. The first kappa shape index (κ1) is 19.6. The van der Waals surface area contributed by atoms with Crippen molar-refractivity contribution in [3.05, 3.63) is 54.1 Å². The van der Waals surface area contributed by atoms with E-state index in [1.54, 1.807) is 20.3 Å². The standard InChI is InChI=1S/C13H18O2.C7H9NO.2H2/c1-13(2,3)12(14)9-10-6-5-7-11(8-10)15-4;1-9-7-4-2-3-6(8)5-7;;/h5-8H,9H2,1-4H3;2-5H,8H2,1H3;2*1H. The molecule has 0 atom stereocenters. The van der Waals surface area contributed by atoms with Gasteiger partial charge < -0.3 is 15.2 Å². The molecule has 2 rings (SSSR count). The van der Waals surface area contributed by atoms with Gasteiger partial charge in [-0.3, -0.25) is 4.79 Å². The first-order valence-electron chi connectivity index (χ1n) is 7.82. The zero-order chi connectivity index (χ0) is 18.2. The Kier molecular flexibility index (Phi) is 7.31. The molecule has 2 N–H and O–H groups in total. The van der Waals surface area contributed by atoms with Crippen LogP contribution in [0.4, 0.5) is 5.69 Å². The monoisotopic (exact) mass is 333 g/mol. The molecule has 2 aromatic rings. The Morgan fingerprint density at radius 2 is 1.54 bits per heavy atom. The van der Waals surface area contributed by atoms with Crippen molar-refractivity contribution in [2.75, 3.05) is 20.0 Å². The van der Waals surface area contributed by atoms with E-state index in [-0.39, 0.29) is 14.1 Å². The molecule has 0 amide bonds. The fourth-order valence-corrected chi connectivity index (χ4v) is 1.87. The van der Waals surface area contributed by atoms with E-state index in [1.807, 2.05) is 63.2 Å². The van der Waals surface area contributed by atoms with Crippen molar-refractivity contribution in [3.63, 3.8) is 0 Å². The molecule has 0 heterocycles.